The molecule has 0 unspecified atom stereocenters. The number of carbonyl (C=O) groups excluding carboxylic acids is 1. The summed E-state index contributed by atoms with van der Waals surface area (Å²) in [5.41, 5.74) is 3.55. The van der Waals surface area contributed by atoms with Gasteiger partial charge in [-0.2, -0.15) is 4.31 Å². The van der Waals surface area contributed by atoms with Crippen LogP contribution < -0.4 is 10.2 Å². The molecule has 136 valence electrons. The topological polar surface area (TPSA) is 101 Å². The Hall–Kier alpha value is -2.36. The number of hydrogen-bond acceptors (Lipinski definition) is 5. The molecule has 0 saturated carbocycles. The average Bonchev–Trinajstić information content (AvgIpc) is 3.02. The highest BCUT2D eigenvalue weighted by Crippen LogP contribution is 2.26. The Bertz CT molecular complexity index is 815. The first-order valence-electron chi connectivity index (χ1n) is 7.54. The van der Waals surface area contributed by atoms with Gasteiger partial charge in [0.25, 0.3) is 0 Å². The molecular formula is C16H21N3O5S. The predicted octanol–water partition coefficient (Wildman–Crippen LogP) is 0.902. The van der Waals surface area contributed by atoms with E-state index in [1.54, 1.807) is 31.4 Å². The minimum atomic E-state index is -3.45. The summed E-state index contributed by atoms with van der Waals surface area (Å²) in [6, 6.07) is 8.52. The minimum absolute atomic E-state index is 0.181. The number of ether oxygens (including phenoxy) is 1. The standard InChI is InChI=1S/C15H18N2O3S.CH3NO2/c1-16-9-7-12-11-17(10-8-15(12)16)21(18,19)14-5-3-13(20-2)4-6-14;3-1-2-4/h3-7,9H,8,10-11H2,1-2H3;1,4H,(H,2,3). The molecule has 1 aromatic heterocycles. The number of aryl methyl sites for hydroxylation is 1. The molecule has 1 aliphatic rings. The highest BCUT2D eigenvalue weighted by atomic mass is 32.2. The first kappa shape index (κ1) is 19.0. The van der Waals surface area contributed by atoms with Crippen molar-refractivity contribution >= 4 is 16.4 Å². The summed E-state index contributed by atoms with van der Waals surface area (Å²) in [6.07, 6.45) is 2.91. The summed E-state index contributed by atoms with van der Waals surface area (Å²) in [6.45, 7) is 0.948. The lowest BCUT2D eigenvalue weighted by Crippen LogP contribution is -2.36. The Morgan fingerprint density at radius 3 is 2.44 bits per heavy atom. The van der Waals surface area contributed by atoms with Crippen molar-refractivity contribution in [2.45, 2.75) is 17.9 Å². The van der Waals surface area contributed by atoms with Crippen LogP contribution in [0.5, 0.6) is 5.75 Å². The van der Waals surface area contributed by atoms with Gasteiger partial charge in [0.2, 0.25) is 16.4 Å². The molecule has 25 heavy (non-hydrogen) atoms. The van der Waals surface area contributed by atoms with E-state index in [1.165, 1.54) is 15.5 Å². The molecule has 9 heteroatoms. The third kappa shape index (κ3) is 4.19. The maximum Gasteiger partial charge on any atom is 0.243 e. The van der Waals surface area contributed by atoms with Gasteiger partial charge in [0, 0.05) is 38.4 Å². The highest BCUT2D eigenvalue weighted by molar-refractivity contribution is 7.89. The van der Waals surface area contributed by atoms with Crippen LogP contribution in [0.15, 0.2) is 41.4 Å². The lowest BCUT2D eigenvalue weighted by molar-refractivity contribution is -0.116. The molecule has 0 radical (unpaired) electrons. The maximum atomic E-state index is 12.7. The number of carbonyl (C=O) groups is 1. The van der Waals surface area contributed by atoms with Crippen LogP contribution in [0.2, 0.25) is 0 Å². The largest absolute Gasteiger partial charge is 0.497 e. The normalized spacial score (nSPS) is 14.0. The second kappa shape index (κ2) is 8.15. The van der Waals surface area contributed by atoms with Gasteiger partial charge in [0.15, 0.2) is 0 Å². The zero-order valence-corrected chi connectivity index (χ0v) is 14.9. The molecule has 0 fully saturated rings. The zero-order chi connectivity index (χ0) is 18.4. The van der Waals surface area contributed by atoms with E-state index in [1.807, 2.05) is 19.3 Å². The average molecular weight is 367 g/mol. The van der Waals surface area contributed by atoms with Crippen LogP contribution in [0, 0.1) is 0 Å². The van der Waals surface area contributed by atoms with E-state index in [4.69, 9.17) is 14.7 Å². The lowest BCUT2D eigenvalue weighted by atomic mass is 10.1. The third-order valence-electron chi connectivity index (χ3n) is 3.99. The zero-order valence-electron chi connectivity index (χ0n) is 14.0. The quantitative estimate of drug-likeness (QED) is 0.475. The number of methoxy groups -OCH3 is 1. The molecular weight excluding hydrogens is 346 g/mol. The number of nitrogens with zero attached hydrogens (tertiary/aromatic N) is 2. The van der Waals surface area contributed by atoms with E-state index in [0.29, 0.717) is 23.7 Å². The second-order valence-electron chi connectivity index (χ2n) is 5.41. The van der Waals surface area contributed by atoms with E-state index in [2.05, 4.69) is 4.57 Å². The van der Waals surface area contributed by atoms with E-state index < -0.39 is 10.0 Å². The molecule has 0 bridgehead atoms. The van der Waals surface area contributed by atoms with Gasteiger partial charge in [-0.1, -0.05) is 0 Å². The molecule has 0 spiro atoms. The number of amides is 1. The maximum absolute atomic E-state index is 12.7. The highest BCUT2D eigenvalue weighted by Gasteiger charge is 2.29. The number of nitrogens with one attached hydrogen (secondary N) is 1. The van der Waals surface area contributed by atoms with Gasteiger partial charge in [-0.05, 0) is 35.9 Å². The Balaban J connectivity index is 0.000000511. The van der Waals surface area contributed by atoms with E-state index in [0.717, 1.165) is 12.0 Å². The van der Waals surface area contributed by atoms with Crippen molar-refractivity contribution in [2.24, 2.45) is 7.05 Å². The summed E-state index contributed by atoms with van der Waals surface area (Å²) in [5, 5.41) is 7.26. The van der Waals surface area contributed by atoms with Crippen molar-refractivity contribution in [2.75, 3.05) is 13.7 Å². The number of hydroxylamine groups is 1. The van der Waals surface area contributed by atoms with Crippen LogP contribution in [-0.4, -0.2) is 42.6 Å². The number of sulfonamides is 1. The van der Waals surface area contributed by atoms with Gasteiger partial charge in [0.05, 0.1) is 12.0 Å². The van der Waals surface area contributed by atoms with Gasteiger partial charge < -0.3 is 9.30 Å². The molecule has 0 aliphatic carbocycles. The van der Waals surface area contributed by atoms with Crippen molar-refractivity contribution < 1.29 is 23.2 Å². The van der Waals surface area contributed by atoms with Crippen molar-refractivity contribution in [1.82, 2.24) is 14.4 Å². The summed E-state index contributed by atoms with van der Waals surface area (Å²) in [7, 11) is 0.101. The fraction of sp³-hybridized carbons (Fsp3) is 0.312. The van der Waals surface area contributed by atoms with Gasteiger partial charge in [-0.15, -0.1) is 0 Å². The third-order valence-corrected chi connectivity index (χ3v) is 5.85. The number of hydrogen-bond donors (Lipinski definition) is 2. The fourth-order valence-electron chi connectivity index (χ4n) is 2.70. The summed E-state index contributed by atoms with van der Waals surface area (Å²) < 4.78 is 34.0. The molecule has 1 aromatic carbocycles. The van der Waals surface area contributed by atoms with Crippen LogP contribution in [0.4, 0.5) is 0 Å². The van der Waals surface area contributed by atoms with E-state index >= 15 is 0 Å². The molecule has 2 heterocycles. The molecule has 1 aliphatic heterocycles. The number of fused-ring (bicyclic) bond motifs is 1. The summed E-state index contributed by atoms with van der Waals surface area (Å²) in [4.78, 5) is 9.12. The van der Waals surface area contributed by atoms with Gasteiger partial charge in [-0.25, -0.2) is 13.9 Å². The molecule has 1 amide bonds. The molecule has 2 N–H and O–H groups in total. The first-order valence-corrected chi connectivity index (χ1v) is 8.98. The molecule has 0 atom stereocenters. The van der Waals surface area contributed by atoms with Crippen molar-refractivity contribution in [3.8, 4) is 5.75 Å². The smallest absolute Gasteiger partial charge is 0.243 e. The predicted molar refractivity (Wildman–Crippen MR) is 90.7 cm³/mol. The van der Waals surface area contributed by atoms with E-state index in [9.17, 15) is 8.42 Å². The lowest BCUT2D eigenvalue weighted by Gasteiger charge is -2.27. The Kier molecular flexibility index (Phi) is 6.18. The minimum Gasteiger partial charge on any atom is -0.497 e. The van der Waals surface area contributed by atoms with Crippen LogP contribution in [0.25, 0.3) is 0 Å². The SMILES string of the molecule is COc1ccc(S(=O)(=O)N2CCc3c(ccn3C)C2)cc1.O=CNO. The summed E-state index contributed by atoms with van der Waals surface area (Å²) >= 11 is 0. The Morgan fingerprint density at radius 1 is 1.24 bits per heavy atom. The first-order chi connectivity index (χ1) is 11.9. The van der Waals surface area contributed by atoms with Crippen LogP contribution in [0.3, 0.4) is 0 Å². The van der Waals surface area contributed by atoms with Crippen LogP contribution in [-0.2, 0) is 34.8 Å². The monoisotopic (exact) mass is 367 g/mol. The van der Waals surface area contributed by atoms with Crippen molar-refractivity contribution in [3.05, 3.63) is 47.8 Å². The molecule has 3 rings (SSSR count). The van der Waals surface area contributed by atoms with Crippen molar-refractivity contribution in [1.29, 1.82) is 0 Å². The Morgan fingerprint density at radius 2 is 1.88 bits per heavy atom. The number of aromatic nitrogens is 1. The Labute approximate surface area is 146 Å². The van der Waals surface area contributed by atoms with Crippen molar-refractivity contribution in [3.63, 3.8) is 0 Å². The molecule has 8 nitrogen and oxygen atoms in total. The fourth-order valence-corrected chi connectivity index (χ4v) is 4.12. The molecule has 2 aromatic rings. The number of benzene rings is 1. The molecule has 0 saturated heterocycles. The van der Waals surface area contributed by atoms with Crippen LogP contribution in [0.1, 0.15) is 11.3 Å². The van der Waals surface area contributed by atoms with Gasteiger partial charge in [0.1, 0.15) is 5.75 Å². The van der Waals surface area contributed by atoms with Gasteiger partial charge in [-0.3, -0.25) is 10.0 Å². The number of rotatable bonds is 4. The summed E-state index contributed by atoms with van der Waals surface area (Å²) in [5.74, 6) is 0.651. The van der Waals surface area contributed by atoms with E-state index in [-0.39, 0.29) is 6.41 Å². The van der Waals surface area contributed by atoms with Crippen LogP contribution >= 0.6 is 0 Å². The second-order valence-corrected chi connectivity index (χ2v) is 7.35. The van der Waals surface area contributed by atoms with Gasteiger partial charge >= 0.3 is 0 Å².